The zero-order chi connectivity index (χ0) is 18.5. The molecule has 1 saturated carbocycles. The monoisotopic (exact) mass is 352 g/mol. The van der Waals surface area contributed by atoms with Gasteiger partial charge in [-0.15, -0.1) is 0 Å². The van der Waals surface area contributed by atoms with Gasteiger partial charge in [-0.25, -0.2) is 4.79 Å². The number of rotatable bonds is 7. The summed E-state index contributed by atoms with van der Waals surface area (Å²) in [7, 11) is 0. The van der Waals surface area contributed by atoms with Gasteiger partial charge in [-0.2, -0.15) is 0 Å². The summed E-state index contributed by atoms with van der Waals surface area (Å²) < 4.78 is 16.0. The minimum absolute atomic E-state index is 0.164. The largest absolute Gasteiger partial charge is 0.466 e. The summed E-state index contributed by atoms with van der Waals surface area (Å²) in [5.74, 6) is -1.29. The smallest absolute Gasteiger partial charge is 0.335 e. The Morgan fingerprint density at radius 3 is 2.36 bits per heavy atom. The highest BCUT2D eigenvalue weighted by molar-refractivity contribution is 6.02. The first-order chi connectivity index (χ1) is 11.9. The molecule has 1 heterocycles. The van der Waals surface area contributed by atoms with Crippen molar-refractivity contribution in [2.45, 2.75) is 70.8 Å². The Morgan fingerprint density at radius 1 is 1.12 bits per heavy atom. The van der Waals surface area contributed by atoms with Gasteiger partial charge in [-0.1, -0.05) is 13.0 Å². The second-order valence-corrected chi connectivity index (χ2v) is 6.71. The molecule has 25 heavy (non-hydrogen) atoms. The van der Waals surface area contributed by atoms with Crippen LogP contribution in [-0.4, -0.2) is 36.7 Å². The van der Waals surface area contributed by atoms with Crippen LogP contribution in [0, 0.1) is 5.41 Å². The van der Waals surface area contributed by atoms with Crippen LogP contribution in [0.3, 0.4) is 0 Å². The first-order valence-corrected chi connectivity index (χ1v) is 9.19. The van der Waals surface area contributed by atoms with E-state index in [1.807, 2.05) is 0 Å². The lowest BCUT2D eigenvalue weighted by molar-refractivity contribution is -0.175. The normalized spacial score (nSPS) is 24.9. The van der Waals surface area contributed by atoms with E-state index in [1.54, 1.807) is 13.8 Å². The molecule has 1 saturated heterocycles. The molecule has 0 bridgehead atoms. The predicted octanol–water partition coefficient (Wildman–Crippen LogP) is 3.09. The lowest BCUT2D eigenvalue weighted by Gasteiger charge is -2.44. The Hall–Kier alpha value is -1.85. The van der Waals surface area contributed by atoms with E-state index in [1.165, 1.54) is 0 Å². The van der Waals surface area contributed by atoms with Gasteiger partial charge in [-0.3, -0.25) is 9.59 Å². The number of carbonyl (C=O) groups excluding carboxylic acids is 3. The summed E-state index contributed by atoms with van der Waals surface area (Å²) >= 11 is 0. The number of ether oxygens (including phenoxy) is 3. The average Bonchev–Trinajstić information content (AvgIpc) is 2.78. The molecule has 1 unspecified atom stereocenters. The Balaban J connectivity index is 2.31. The minimum atomic E-state index is -1.20. The van der Waals surface area contributed by atoms with Crippen molar-refractivity contribution in [3.63, 3.8) is 0 Å². The third kappa shape index (κ3) is 3.44. The SMILES string of the molecule is C=C1C(=O)OC2(CCCCC2)C1(CCCC(=O)OCC)C(=O)OCC. The van der Waals surface area contributed by atoms with Gasteiger partial charge >= 0.3 is 17.9 Å². The van der Waals surface area contributed by atoms with E-state index in [0.717, 1.165) is 19.3 Å². The summed E-state index contributed by atoms with van der Waals surface area (Å²) in [5.41, 5.74) is -1.93. The quantitative estimate of drug-likeness (QED) is 0.398. The Labute approximate surface area is 148 Å². The molecule has 1 spiro atoms. The number of hydrogen-bond donors (Lipinski definition) is 0. The highest BCUT2D eigenvalue weighted by Crippen LogP contribution is 2.57. The van der Waals surface area contributed by atoms with Gasteiger partial charge in [0.2, 0.25) is 0 Å². The molecule has 0 aromatic rings. The maximum Gasteiger partial charge on any atom is 0.335 e. The number of carbonyl (C=O) groups is 3. The fraction of sp³-hybridized carbons (Fsp3) is 0.737. The van der Waals surface area contributed by atoms with Crippen molar-refractivity contribution in [3.05, 3.63) is 12.2 Å². The Bertz CT molecular complexity index is 546. The van der Waals surface area contributed by atoms with Crippen molar-refractivity contribution < 1.29 is 28.6 Å². The zero-order valence-corrected chi connectivity index (χ0v) is 15.2. The van der Waals surface area contributed by atoms with E-state index in [9.17, 15) is 14.4 Å². The summed E-state index contributed by atoms with van der Waals surface area (Å²) in [6.07, 6.45) is 4.97. The highest BCUT2D eigenvalue weighted by Gasteiger charge is 2.67. The van der Waals surface area contributed by atoms with Crippen LogP contribution in [0.15, 0.2) is 12.2 Å². The number of esters is 3. The van der Waals surface area contributed by atoms with Crippen LogP contribution in [0.5, 0.6) is 0 Å². The van der Waals surface area contributed by atoms with Crippen LogP contribution < -0.4 is 0 Å². The second-order valence-electron chi connectivity index (χ2n) is 6.71. The average molecular weight is 352 g/mol. The van der Waals surface area contributed by atoms with Crippen LogP contribution >= 0.6 is 0 Å². The molecule has 2 fully saturated rings. The van der Waals surface area contributed by atoms with Crippen LogP contribution in [0.2, 0.25) is 0 Å². The van der Waals surface area contributed by atoms with Crippen LogP contribution in [-0.2, 0) is 28.6 Å². The summed E-state index contributed by atoms with van der Waals surface area (Å²) in [6, 6.07) is 0. The second kappa shape index (κ2) is 8.02. The van der Waals surface area contributed by atoms with Crippen molar-refractivity contribution in [1.82, 2.24) is 0 Å². The molecule has 2 aliphatic rings. The molecular formula is C19H28O6. The lowest BCUT2D eigenvalue weighted by Crippen LogP contribution is -2.52. The van der Waals surface area contributed by atoms with Crippen LogP contribution in [0.1, 0.15) is 65.2 Å². The van der Waals surface area contributed by atoms with E-state index in [-0.39, 0.29) is 24.6 Å². The minimum Gasteiger partial charge on any atom is -0.466 e. The van der Waals surface area contributed by atoms with E-state index in [4.69, 9.17) is 14.2 Å². The highest BCUT2D eigenvalue weighted by atomic mass is 16.6. The molecule has 0 radical (unpaired) electrons. The lowest BCUT2D eigenvalue weighted by atomic mass is 9.61. The van der Waals surface area contributed by atoms with Gasteiger partial charge in [0.05, 0.1) is 18.8 Å². The molecule has 0 aromatic carbocycles. The third-order valence-electron chi connectivity index (χ3n) is 5.35. The summed E-state index contributed by atoms with van der Waals surface area (Å²) in [6.45, 7) is 7.91. The third-order valence-corrected chi connectivity index (χ3v) is 5.35. The van der Waals surface area contributed by atoms with Gasteiger partial charge in [-0.05, 0) is 52.4 Å². The maximum absolute atomic E-state index is 13.0. The molecule has 0 amide bonds. The molecule has 140 valence electrons. The van der Waals surface area contributed by atoms with Crippen LogP contribution in [0.25, 0.3) is 0 Å². The van der Waals surface area contributed by atoms with Gasteiger partial charge in [0.15, 0.2) is 0 Å². The van der Waals surface area contributed by atoms with Gasteiger partial charge in [0, 0.05) is 6.42 Å². The van der Waals surface area contributed by atoms with Gasteiger partial charge in [0.1, 0.15) is 11.0 Å². The molecule has 1 atom stereocenters. The molecule has 6 nitrogen and oxygen atoms in total. The first-order valence-electron chi connectivity index (χ1n) is 9.19. The van der Waals surface area contributed by atoms with Gasteiger partial charge in [0.25, 0.3) is 0 Å². The molecule has 6 heteroatoms. The Kier molecular flexibility index (Phi) is 6.25. The van der Waals surface area contributed by atoms with Crippen molar-refractivity contribution in [2.75, 3.05) is 13.2 Å². The van der Waals surface area contributed by atoms with Crippen molar-refractivity contribution in [2.24, 2.45) is 5.41 Å². The fourth-order valence-corrected chi connectivity index (χ4v) is 4.20. The first kappa shape index (κ1) is 19.5. The zero-order valence-electron chi connectivity index (χ0n) is 15.2. The molecular weight excluding hydrogens is 324 g/mol. The van der Waals surface area contributed by atoms with E-state index in [2.05, 4.69) is 6.58 Å². The fourth-order valence-electron chi connectivity index (χ4n) is 4.20. The summed E-state index contributed by atoms with van der Waals surface area (Å²) in [4.78, 5) is 37.0. The molecule has 2 rings (SSSR count). The van der Waals surface area contributed by atoms with Crippen molar-refractivity contribution in [1.29, 1.82) is 0 Å². The van der Waals surface area contributed by atoms with E-state index < -0.39 is 23.0 Å². The predicted molar refractivity (Wildman–Crippen MR) is 90.6 cm³/mol. The van der Waals surface area contributed by atoms with E-state index >= 15 is 0 Å². The van der Waals surface area contributed by atoms with E-state index in [0.29, 0.717) is 32.3 Å². The molecule has 0 N–H and O–H groups in total. The standard InChI is InChI=1S/C19H28O6/c1-4-23-15(20)10-9-13-19(17(22)24-5-2)14(3)16(21)25-18(19)11-7-6-8-12-18/h3-13H2,1-2H3. The molecule has 1 aliphatic carbocycles. The van der Waals surface area contributed by atoms with Crippen molar-refractivity contribution >= 4 is 17.9 Å². The number of hydrogen-bond acceptors (Lipinski definition) is 6. The Morgan fingerprint density at radius 2 is 1.76 bits per heavy atom. The molecule has 0 aromatic heterocycles. The summed E-state index contributed by atoms with van der Waals surface area (Å²) in [5, 5.41) is 0. The van der Waals surface area contributed by atoms with Crippen LogP contribution in [0.4, 0.5) is 0 Å². The van der Waals surface area contributed by atoms with Crippen molar-refractivity contribution in [3.8, 4) is 0 Å². The molecule has 1 aliphatic heterocycles. The van der Waals surface area contributed by atoms with Gasteiger partial charge < -0.3 is 14.2 Å². The maximum atomic E-state index is 13.0. The topological polar surface area (TPSA) is 78.9 Å².